The molecule has 5 heteroatoms. The highest BCUT2D eigenvalue weighted by Crippen LogP contribution is 2.36. The van der Waals surface area contributed by atoms with Gasteiger partial charge in [-0.2, -0.15) is 0 Å². The molecule has 118 valence electrons. The van der Waals surface area contributed by atoms with Crippen LogP contribution in [0.3, 0.4) is 0 Å². The van der Waals surface area contributed by atoms with E-state index in [1.807, 2.05) is 18.2 Å². The van der Waals surface area contributed by atoms with Crippen LogP contribution in [-0.2, 0) is 4.74 Å². The zero-order valence-electron chi connectivity index (χ0n) is 13.0. The summed E-state index contributed by atoms with van der Waals surface area (Å²) in [5.74, 6) is 1.25. The van der Waals surface area contributed by atoms with Crippen molar-refractivity contribution in [2.24, 2.45) is 0 Å². The van der Waals surface area contributed by atoms with Crippen molar-refractivity contribution < 1.29 is 19.3 Å². The highest BCUT2D eigenvalue weighted by molar-refractivity contribution is 5.46. The zero-order chi connectivity index (χ0) is 15.2. The monoisotopic (exact) mass is 295 g/mol. The fourth-order valence-corrected chi connectivity index (χ4v) is 2.80. The first kappa shape index (κ1) is 16.1. The Morgan fingerprint density at radius 1 is 1.33 bits per heavy atom. The quantitative estimate of drug-likeness (QED) is 0.868. The number of methoxy groups -OCH3 is 2. The molecule has 2 rings (SSSR count). The van der Waals surface area contributed by atoms with E-state index in [2.05, 4.69) is 11.8 Å². The number of rotatable bonds is 6. The third kappa shape index (κ3) is 3.67. The number of nitrogens with zero attached hydrogens (tertiary/aromatic N) is 1. The van der Waals surface area contributed by atoms with E-state index in [1.54, 1.807) is 14.2 Å². The van der Waals surface area contributed by atoms with E-state index < -0.39 is 6.10 Å². The lowest BCUT2D eigenvalue weighted by molar-refractivity contribution is -0.0907. The predicted molar refractivity (Wildman–Crippen MR) is 81.0 cm³/mol. The maximum atomic E-state index is 10.7. The molecule has 0 amide bonds. The Balaban J connectivity index is 2.20. The van der Waals surface area contributed by atoms with Gasteiger partial charge in [-0.25, -0.2) is 0 Å². The van der Waals surface area contributed by atoms with Gasteiger partial charge in [-0.15, -0.1) is 0 Å². The molecule has 1 aromatic carbocycles. The topological polar surface area (TPSA) is 51.2 Å². The smallest absolute Gasteiger partial charge is 0.128 e. The van der Waals surface area contributed by atoms with Crippen LogP contribution in [0.4, 0.5) is 0 Å². The molecule has 2 unspecified atom stereocenters. The van der Waals surface area contributed by atoms with Gasteiger partial charge in [0.25, 0.3) is 0 Å². The maximum Gasteiger partial charge on any atom is 0.128 e. The molecular formula is C16H25NO4. The summed E-state index contributed by atoms with van der Waals surface area (Å²) in [4.78, 5) is 2.32. The van der Waals surface area contributed by atoms with E-state index in [9.17, 15) is 5.11 Å². The number of hydrogen-bond acceptors (Lipinski definition) is 5. The second kappa shape index (κ2) is 7.64. The Kier molecular flexibility index (Phi) is 5.85. The van der Waals surface area contributed by atoms with Crippen molar-refractivity contribution in [1.29, 1.82) is 0 Å². The number of hydrogen-bond donors (Lipinski definition) is 1. The normalized spacial score (nSPS) is 21.0. The third-order valence-corrected chi connectivity index (χ3v) is 3.83. The van der Waals surface area contributed by atoms with E-state index >= 15 is 0 Å². The molecular weight excluding hydrogens is 270 g/mol. The summed E-state index contributed by atoms with van der Waals surface area (Å²) in [5.41, 5.74) is 0.658. The largest absolute Gasteiger partial charge is 0.496 e. The number of aliphatic hydroxyl groups excluding tert-OH is 1. The van der Waals surface area contributed by atoms with E-state index in [0.717, 1.165) is 26.1 Å². The van der Waals surface area contributed by atoms with Gasteiger partial charge in [0, 0.05) is 13.1 Å². The van der Waals surface area contributed by atoms with Gasteiger partial charge in [-0.05, 0) is 25.1 Å². The van der Waals surface area contributed by atoms with Gasteiger partial charge in [0.05, 0.1) is 26.4 Å². The molecule has 21 heavy (non-hydrogen) atoms. The van der Waals surface area contributed by atoms with Gasteiger partial charge >= 0.3 is 0 Å². The molecule has 0 bridgehead atoms. The minimum absolute atomic E-state index is 0.268. The summed E-state index contributed by atoms with van der Waals surface area (Å²) >= 11 is 0. The molecule has 0 radical (unpaired) electrons. The summed E-state index contributed by atoms with van der Waals surface area (Å²) in [6.07, 6.45) is 0.0621. The Morgan fingerprint density at radius 3 is 2.57 bits per heavy atom. The molecule has 1 N–H and O–H groups in total. The van der Waals surface area contributed by atoms with Crippen LogP contribution in [0, 0.1) is 0 Å². The Bertz CT molecular complexity index is 428. The van der Waals surface area contributed by atoms with Gasteiger partial charge in [-0.1, -0.05) is 13.0 Å². The first-order chi connectivity index (χ1) is 10.2. The lowest BCUT2D eigenvalue weighted by Gasteiger charge is -2.35. The van der Waals surface area contributed by atoms with E-state index in [1.165, 1.54) is 0 Å². The SMILES string of the molecule is CCCN1CCOC(C(O)c2c(OC)cccc2OC)C1. The third-order valence-electron chi connectivity index (χ3n) is 3.83. The van der Waals surface area contributed by atoms with Gasteiger partial charge in [0.1, 0.15) is 23.7 Å². The first-order valence-electron chi connectivity index (χ1n) is 7.44. The molecule has 2 atom stereocenters. The summed E-state index contributed by atoms with van der Waals surface area (Å²) < 4.78 is 16.5. The molecule has 0 spiro atoms. The van der Waals surface area contributed by atoms with Crippen LogP contribution in [0.25, 0.3) is 0 Å². The fraction of sp³-hybridized carbons (Fsp3) is 0.625. The van der Waals surface area contributed by atoms with Crippen LogP contribution in [0.1, 0.15) is 25.0 Å². The Hall–Kier alpha value is -1.30. The minimum atomic E-state index is -0.768. The number of benzene rings is 1. The average molecular weight is 295 g/mol. The van der Waals surface area contributed by atoms with Crippen LogP contribution < -0.4 is 9.47 Å². The molecule has 5 nitrogen and oxygen atoms in total. The number of ether oxygens (including phenoxy) is 3. The summed E-state index contributed by atoms with van der Waals surface area (Å²) in [6, 6.07) is 5.50. The fourth-order valence-electron chi connectivity index (χ4n) is 2.80. The van der Waals surface area contributed by atoms with Crippen LogP contribution >= 0.6 is 0 Å². The van der Waals surface area contributed by atoms with Crippen LogP contribution in [0.5, 0.6) is 11.5 Å². The van der Waals surface area contributed by atoms with E-state index in [0.29, 0.717) is 23.7 Å². The molecule has 1 saturated heterocycles. The van der Waals surface area contributed by atoms with E-state index in [-0.39, 0.29) is 6.10 Å². The summed E-state index contributed by atoms with van der Waals surface area (Å²) in [5, 5.41) is 10.7. The van der Waals surface area contributed by atoms with Crippen molar-refractivity contribution in [3.8, 4) is 11.5 Å². The summed E-state index contributed by atoms with van der Waals surface area (Å²) in [7, 11) is 3.19. The van der Waals surface area contributed by atoms with Gasteiger partial charge in [-0.3, -0.25) is 4.90 Å². The second-order valence-corrected chi connectivity index (χ2v) is 5.23. The van der Waals surface area contributed by atoms with Crippen molar-refractivity contribution in [3.05, 3.63) is 23.8 Å². The highest BCUT2D eigenvalue weighted by atomic mass is 16.5. The first-order valence-corrected chi connectivity index (χ1v) is 7.44. The Labute approximate surface area is 126 Å². The lowest BCUT2D eigenvalue weighted by atomic mass is 10.0. The molecule has 0 aromatic heterocycles. The summed E-state index contributed by atoms with van der Waals surface area (Å²) in [6.45, 7) is 5.45. The molecule has 1 aliphatic rings. The van der Waals surface area contributed by atoms with Crippen molar-refractivity contribution in [2.45, 2.75) is 25.6 Å². The van der Waals surface area contributed by atoms with E-state index in [4.69, 9.17) is 14.2 Å². The molecule has 0 saturated carbocycles. The van der Waals surface area contributed by atoms with Crippen molar-refractivity contribution in [1.82, 2.24) is 4.90 Å². The van der Waals surface area contributed by atoms with Gasteiger partial charge in [0.2, 0.25) is 0 Å². The van der Waals surface area contributed by atoms with Gasteiger partial charge < -0.3 is 19.3 Å². The maximum absolute atomic E-state index is 10.7. The molecule has 1 heterocycles. The molecule has 1 aliphatic heterocycles. The van der Waals surface area contributed by atoms with Crippen molar-refractivity contribution in [2.75, 3.05) is 40.5 Å². The Morgan fingerprint density at radius 2 is 2.00 bits per heavy atom. The van der Waals surface area contributed by atoms with Crippen molar-refractivity contribution >= 4 is 0 Å². The lowest BCUT2D eigenvalue weighted by Crippen LogP contribution is -2.45. The van der Waals surface area contributed by atoms with Gasteiger partial charge in [0.15, 0.2) is 0 Å². The van der Waals surface area contributed by atoms with Crippen LogP contribution in [0.15, 0.2) is 18.2 Å². The van der Waals surface area contributed by atoms with Crippen molar-refractivity contribution in [3.63, 3.8) is 0 Å². The number of aliphatic hydroxyl groups is 1. The molecule has 1 fully saturated rings. The van der Waals surface area contributed by atoms with Crippen LogP contribution in [0.2, 0.25) is 0 Å². The van der Waals surface area contributed by atoms with Crippen LogP contribution in [-0.4, -0.2) is 56.6 Å². The minimum Gasteiger partial charge on any atom is -0.496 e. The second-order valence-electron chi connectivity index (χ2n) is 5.23. The molecule has 1 aromatic rings. The standard InChI is InChI=1S/C16H25NO4/c1-4-8-17-9-10-21-14(11-17)16(18)15-12(19-2)6-5-7-13(15)20-3/h5-7,14,16,18H,4,8-11H2,1-3H3. The highest BCUT2D eigenvalue weighted by Gasteiger charge is 2.31. The average Bonchev–Trinajstić information content (AvgIpc) is 2.54. The molecule has 0 aliphatic carbocycles. The predicted octanol–water partition coefficient (Wildman–Crippen LogP) is 1.85. The zero-order valence-corrected chi connectivity index (χ0v) is 13.0. The number of morpholine rings is 1.